The third-order valence-electron chi connectivity index (χ3n) is 3.03. The van der Waals surface area contributed by atoms with Crippen molar-refractivity contribution in [2.24, 2.45) is 0 Å². The van der Waals surface area contributed by atoms with Gasteiger partial charge in [-0.2, -0.15) is 0 Å². The molecule has 0 aliphatic heterocycles. The normalized spacial score (nSPS) is 10.3. The Hall–Kier alpha value is -2.00. The van der Waals surface area contributed by atoms with Gasteiger partial charge in [0.15, 0.2) is 0 Å². The lowest BCUT2D eigenvalue weighted by Gasteiger charge is -2.10. The maximum absolute atomic E-state index is 10.6. The lowest BCUT2D eigenvalue weighted by Crippen LogP contribution is -1.97. The molecule has 0 saturated heterocycles. The van der Waals surface area contributed by atoms with Crippen molar-refractivity contribution in [1.82, 2.24) is 0 Å². The molecule has 0 aliphatic carbocycles. The number of ether oxygens (including phenoxy) is 1. The predicted molar refractivity (Wildman–Crippen MR) is 79.4 cm³/mol. The lowest BCUT2D eigenvalue weighted by atomic mass is 10.0. The highest BCUT2D eigenvalue weighted by atomic mass is 35.5. The third-order valence-corrected chi connectivity index (χ3v) is 3.26. The van der Waals surface area contributed by atoms with Crippen LogP contribution in [-0.2, 0) is 11.2 Å². The Kier molecular flexibility index (Phi) is 4.64. The maximum atomic E-state index is 10.6. The molecule has 0 amide bonds. The highest BCUT2D eigenvalue weighted by Crippen LogP contribution is 2.32. The first kappa shape index (κ1) is 14.4. The van der Waals surface area contributed by atoms with E-state index in [2.05, 4.69) is 0 Å². The average Bonchev–Trinajstić information content (AvgIpc) is 2.45. The molecular formula is C16H15ClO3. The number of carboxylic acids is 1. The van der Waals surface area contributed by atoms with Crippen molar-refractivity contribution in [2.75, 3.05) is 7.11 Å². The first-order valence-corrected chi connectivity index (χ1v) is 6.62. The van der Waals surface area contributed by atoms with E-state index in [0.29, 0.717) is 11.4 Å². The van der Waals surface area contributed by atoms with Gasteiger partial charge in [0.25, 0.3) is 0 Å². The summed E-state index contributed by atoms with van der Waals surface area (Å²) in [4.78, 5) is 10.6. The average molecular weight is 291 g/mol. The first-order valence-electron chi connectivity index (χ1n) is 6.25. The number of methoxy groups -OCH3 is 1. The second-order valence-corrected chi connectivity index (χ2v) is 4.88. The number of aryl methyl sites for hydroxylation is 1. The number of carbonyl (C=O) groups is 1. The molecule has 0 unspecified atom stereocenters. The molecule has 0 bridgehead atoms. The second kappa shape index (κ2) is 6.44. The molecule has 0 fully saturated rings. The highest BCUT2D eigenvalue weighted by molar-refractivity contribution is 6.31. The van der Waals surface area contributed by atoms with Crippen LogP contribution in [0.15, 0.2) is 42.5 Å². The summed E-state index contributed by atoms with van der Waals surface area (Å²) in [6.45, 7) is 0. The Balaban J connectivity index is 2.35. The van der Waals surface area contributed by atoms with Gasteiger partial charge in [-0.15, -0.1) is 0 Å². The highest BCUT2D eigenvalue weighted by Gasteiger charge is 2.08. The van der Waals surface area contributed by atoms with Crippen LogP contribution in [0.1, 0.15) is 12.0 Å². The molecule has 0 aromatic heterocycles. The van der Waals surface area contributed by atoms with Crippen molar-refractivity contribution < 1.29 is 14.6 Å². The zero-order chi connectivity index (χ0) is 14.5. The van der Waals surface area contributed by atoms with Crippen LogP contribution in [0.2, 0.25) is 5.02 Å². The molecule has 0 heterocycles. The van der Waals surface area contributed by atoms with Crippen LogP contribution in [0.4, 0.5) is 0 Å². The Bertz CT molecular complexity index is 623. The summed E-state index contributed by atoms with van der Waals surface area (Å²) in [6, 6.07) is 13.2. The summed E-state index contributed by atoms with van der Waals surface area (Å²) in [5.41, 5.74) is 2.84. The lowest BCUT2D eigenvalue weighted by molar-refractivity contribution is -0.136. The van der Waals surface area contributed by atoms with E-state index in [1.165, 1.54) is 0 Å². The zero-order valence-corrected chi connectivity index (χ0v) is 11.9. The molecule has 0 saturated carbocycles. The van der Waals surface area contributed by atoms with E-state index in [0.717, 1.165) is 22.4 Å². The zero-order valence-electron chi connectivity index (χ0n) is 11.1. The number of hydrogen-bond acceptors (Lipinski definition) is 2. The Morgan fingerprint density at radius 2 is 2.05 bits per heavy atom. The van der Waals surface area contributed by atoms with E-state index in [1.807, 2.05) is 36.4 Å². The minimum Gasteiger partial charge on any atom is -0.496 e. The van der Waals surface area contributed by atoms with Crippen LogP contribution >= 0.6 is 11.6 Å². The van der Waals surface area contributed by atoms with Crippen molar-refractivity contribution in [3.8, 4) is 16.9 Å². The van der Waals surface area contributed by atoms with Gasteiger partial charge in [-0.25, -0.2) is 0 Å². The van der Waals surface area contributed by atoms with Gasteiger partial charge in [-0.1, -0.05) is 35.9 Å². The molecule has 104 valence electrons. The van der Waals surface area contributed by atoms with E-state index in [9.17, 15) is 4.79 Å². The summed E-state index contributed by atoms with van der Waals surface area (Å²) in [5, 5.41) is 9.38. The molecule has 4 heteroatoms. The Morgan fingerprint density at radius 3 is 2.75 bits per heavy atom. The fourth-order valence-corrected chi connectivity index (χ4v) is 2.22. The van der Waals surface area contributed by atoms with Gasteiger partial charge in [0.1, 0.15) is 5.75 Å². The molecule has 20 heavy (non-hydrogen) atoms. The predicted octanol–water partition coefficient (Wildman–Crippen LogP) is 4.03. The van der Waals surface area contributed by atoms with Crippen molar-refractivity contribution in [3.05, 3.63) is 53.1 Å². The molecule has 2 aromatic carbocycles. The van der Waals surface area contributed by atoms with Gasteiger partial charge in [0, 0.05) is 17.0 Å². The van der Waals surface area contributed by atoms with Crippen molar-refractivity contribution in [1.29, 1.82) is 0 Å². The topological polar surface area (TPSA) is 46.5 Å². The Morgan fingerprint density at radius 1 is 1.25 bits per heavy atom. The maximum Gasteiger partial charge on any atom is 0.303 e. The monoisotopic (exact) mass is 290 g/mol. The fraction of sp³-hybridized carbons (Fsp3) is 0.188. The van der Waals surface area contributed by atoms with Gasteiger partial charge in [-0.3, -0.25) is 4.79 Å². The van der Waals surface area contributed by atoms with E-state index in [-0.39, 0.29) is 6.42 Å². The summed E-state index contributed by atoms with van der Waals surface area (Å²) >= 11 is 6.03. The van der Waals surface area contributed by atoms with Crippen LogP contribution in [0.5, 0.6) is 5.75 Å². The smallest absolute Gasteiger partial charge is 0.303 e. The van der Waals surface area contributed by atoms with Crippen LogP contribution in [0.25, 0.3) is 11.1 Å². The van der Waals surface area contributed by atoms with Gasteiger partial charge < -0.3 is 9.84 Å². The van der Waals surface area contributed by atoms with Crippen molar-refractivity contribution >= 4 is 17.6 Å². The molecule has 0 aliphatic rings. The van der Waals surface area contributed by atoms with E-state index in [1.54, 1.807) is 13.2 Å². The van der Waals surface area contributed by atoms with Crippen LogP contribution in [0, 0.1) is 0 Å². The molecule has 1 N–H and O–H groups in total. The molecule has 0 atom stereocenters. The van der Waals surface area contributed by atoms with E-state index in [4.69, 9.17) is 21.4 Å². The second-order valence-electron chi connectivity index (χ2n) is 4.44. The number of carboxylic acid groups (broad SMARTS) is 1. The fourth-order valence-electron chi connectivity index (χ4n) is 2.05. The van der Waals surface area contributed by atoms with Crippen molar-refractivity contribution in [3.63, 3.8) is 0 Å². The van der Waals surface area contributed by atoms with E-state index < -0.39 is 5.97 Å². The number of aliphatic carboxylic acids is 1. The van der Waals surface area contributed by atoms with E-state index >= 15 is 0 Å². The number of benzene rings is 2. The van der Waals surface area contributed by atoms with Gasteiger partial charge in [0.2, 0.25) is 0 Å². The first-order chi connectivity index (χ1) is 9.60. The molecule has 2 aromatic rings. The standard InChI is InChI=1S/C16H15ClO3/c1-20-15-7-6-13(17)10-14(15)12-4-2-3-11(9-12)5-8-16(18)19/h2-4,6-7,9-10H,5,8H2,1H3,(H,18,19). The molecule has 3 nitrogen and oxygen atoms in total. The summed E-state index contributed by atoms with van der Waals surface area (Å²) < 4.78 is 5.34. The quantitative estimate of drug-likeness (QED) is 0.904. The summed E-state index contributed by atoms with van der Waals surface area (Å²) in [6.07, 6.45) is 0.627. The minimum absolute atomic E-state index is 0.121. The minimum atomic E-state index is -0.796. The van der Waals surface area contributed by atoms with Crippen LogP contribution in [0.3, 0.4) is 0 Å². The van der Waals surface area contributed by atoms with Gasteiger partial charge in [0.05, 0.1) is 7.11 Å². The largest absolute Gasteiger partial charge is 0.496 e. The molecular weight excluding hydrogens is 276 g/mol. The number of rotatable bonds is 5. The van der Waals surface area contributed by atoms with Crippen LogP contribution < -0.4 is 4.74 Å². The molecule has 0 spiro atoms. The number of hydrogen-bond donors (Lipinski definition) is 1. The Labute approximate surface area is 122 Å². The van der Waals surface area contributed by atoms with Crippen LogP contribution in [-0.4, -0.2) is 18.2 Å². The van der Waals surface area contributed by atoms with Crippen molar-refractivity contribution in [2.45, 2.75) is 12.8 Å². The SMILES string of the molecule is COc1ccc(Cl)cc1-c1cccc(CCC(=O)O)c1. The van der Waals surface area contributed by atoms with Gasteiger partial charge in [-0.05, 0) is 35.7 Å². The van der Waals surface area contributed by atoms with Gasteiger partial charge >= 0.3 is 5.97 Å². The summed E-state index contributed by atoms with van der Waals surface area (Å²) in [5.74, 6) is -0.0551. The molecule has 2 rings (SSSR count). The summed E-state index contributed by atoms with van der Waals surface area (Å²) in [7, 11) is 1.61. The molecule has 0 radical (unpaired) electrons. The third kappa shape index (κ3) is 3.52. The number of halogens is 1.